The standard InChI is InChI=1S/C15H22N2O2/c1-12(10-16-2)11-17-15(18)9-6-13-4-7-14(19-3)8-5-13/h4-9,12,16H,10-11H2,1-3H3,(H,17,18)/b9-6+. The maximum Gasteiger partial charge on any atom is 0.244 e. The van der Waals surface area contributed by atoms with Crippen molar-refractivity contribution in [1.29, 1.82) is 0 Å². The van der Waals surface area contributed by atoms with E-state index in [1.54, 1.807) is 19.3 Å². The molecule has 4 nitrogen and oxygen atoms in total. The third kappa shape index (κ3) is 6.06. The molecule has 0 aliphatic rings. The van der Waals surface area contributed by atoms with Crippen LogP contribution in [0.3, 0.4) is 0 Å². The van der Waals surface area contributed by atoms with Crippen LogP contribution >= 0.6 is 0 Å². The van der Waals surface area contributed by atoms with Crippen molar-refractivity contribution in [3.8, 4) is 5.75 Å². The second-order valence-corrected chi connectivity index (χ2v) is 4.51. The lowest BCUT2D eigenvalue weighted by molar-refractivity contribution is -0.116. The van der Waals surface area contributed by atoms with Crippen LogP contribution < -0.4 is 15.4 Å². The van der Waals surface area contributed by atoms with Gasteiger partial charge in [-0.2, -0.15) is 0 Å². The number of ether oxygens (including phenoxy) is 1. The Hall–Kier alpha value is -1.81. The van der Waals surface area contributed by atoms with Crippen LogP contribution in [-0.4, -0.2) is 33.2 Å². The zero-order chi connectivity index (χ0) is 14.1. The number of hydrogen-bond acceptors (Lipinski definition) is 3. The third-order valence-electron chi connectivity index (χ3n) is 2.72. The smallest absolute Gasteiger partial charge is 0.244 e. The molecule has 0 saturated carbocycles. The fourth-order valence-corrected chi connectivity index (χ4v) is 1.64. The summed E-state index contributed by atoms with van der Waals surface area (Å²) in [7, 11) is 3.53. The molecule has 19 heavy (non-hydrogen) atoms. The fraction of sp³-hybridized carbons (Fsp3) is 0.400. The van der Waals surface area contributed by atoms with E-state index in [2.05, 4.69) is 17.6 Å². The second kappa shape index (κ2) is 8.32. The van der Waals surface area contributed by atoms with Gasteiger partial charge in [0.25, 0.3) is 0 Å². The van der Waals surface area contributed by atoms with Crippen molar-refractivity contribution >= 4 is 12.0 Å². The van der Waals surface area contributed by atoms with Crippen molar-refractivity contribution in [2.75, 3.05) is 27.2 Å². The monoisotopic (exact) mass is 262 g/mol. The summed E-state index contributed by atoms with van der Waals surface area (Å²) in [5, 5.41) is 5.95. The van der Waals surface area contributed by atoms with Gasteiger partial charge in [-0.05, 0) is 43.3 Å². The van der Waals surface area contributed by atoms with Crippen LogP contribution in [0.25, 0.3) is 6.08 Å². The topological polar surface area (TPSA) is 50.4 Å². The summed E-state index contributed by atoms with van der Waals surface area (Å²) < 4.78 is 5.07. The lowest BCUT2D eigenvalue weighted by Gasteiger charge is -2.10. The summed E-state index contributed by atoms with van der Waals surface area (Å²) in [4.78, 5) is 11.6. The van der Waals surface area contributed by atoms with Crippen molar-refractivity contribution in [2.45, 2.75) is 6.92 Å². The first kappa shape index (κ1) is 15.2. The summed E-state index contributed by atoms with van der Waals surface area (Å²) in [5.41, 5.74) is 0.972. The minimum Gasteiger partial charge on any atom is -0.497 e. The van der Waals surface area contributed by atoms with Crippen LogP contribution in [0.2, 0.25) is 0 Å². The van der Waals surface area contributed by atoms with E-state index < -0.39 is 0 Å². The van der Waals surface area contributed by atoms with Crippen LogP contribution in [0.5, 0.6) is 5.75 Å². The summed E-state index contributed by atoms with van der Waals surface area (Å²) in [6, 6.07) is 7.55. The average molecular weight is 262 g/mol. The minimum atomic E-state index is -0.0706. The molecular weight excluding hydrogens is 240 g/mol. The molecule has 1 rings (SSSR count). The fourth-order valence-electron chi connectivity index (χ4n) is 1.64. The molecule has 0 heterocycles. The van der Waals surface area contributed by atoms with Gasteiger partial charge in [-0.1, -0.05) is 19.1 Å². The van der Waals surface area contributed by atoms with Crippen LogP contribution in [-0.2, 0) is 4.79 Å². The zero-order valence-corrected chi connectivity index (χ0v) is 11.8. The van der Waals surface area contributed by atoms with E-state index in [1.807, 2.05) is 31.3 Å². The summed E-state index contributed by atoms with van der Waals surface area (Å²) in [6.07, 6.45) is 3.34. The number of carbonyl (C=O) groups is 1. The first-order valence-corrected chi connectivity index (χ1v) is 6.40. The molecule has 104 valence electrons. The summed E-state index contributed by atoms with van der Waals surface area (Å²) >= 11 is 0. The van der Waals surface area contributed by atoms with Gasteiger partial charge in [-0.25, -0.2) is 0 Å². The van der Waals surface area contributed by atoms with E-state index in [4.69, 9.17) is 4.74 Å². The lowest BCUT2D eigenvalue weighted by Crippen LogP contribution is -2.31. The molecule has 0 spiro atoms. The van der Waals surface area contributed by atoms with E-state index in [-0.39, 0.29) is 5.91 Å². The molecule has 0 radical (unpaired) electrons. The Labute approximate surface area is 114 Å². The molecule has 1 atom stereocenters. The molecule has 1 unspecified atom stereocenters. The van der Waals surface area contributed by atoms with Crippen molar-refractivity contribution in [3.05, 3.63) is 35.9 Å². The predicted octanol–water partition coefficient (Wildman–Crippen LogP) is 1.68. The van der Waals surface area contributed by atoms with Gasteiger partial charge in [-0.15, -0.1) is 0 Å². The Bertz CT molecular complexity index is 413. The number of amides is 1. The van der Waals surface area contributed by atoms with Crippen LogP contribution in [0, 0.1) is 5.92 Å². The molecule has 4 heteroatoms. The Morgan fingerprint density at radius 2 is 2.00 bits per heavy atom. The lowest BCUT2D eigenvalue weighted by atomic mass is 10.2. The number of carbonyl (C=O) groups excluding carboxylic acids is 1. The maximum atomic E-state index is 11.6. The molecule has 0 aliphatic carbocycles. The number of benzene rings is 1. The van der Waals surface area contributed by atoms with Crippen LogP contribution in [0.15, 0.2) is 30.3 Å². The number of methoxy groups -OCH3 is 1. The molecular formula is C15H22N2O2. The van der Waals surface area contributed by atoms with Gasteiger partial charge in [0.05, 0.1) is 7.11 Å². The van der Waals surface area contributed by atoms with E-state index >= 15 is 0 Å². The normalized spacial score (nSPS) is 12.4. The Balaban J connectivity index is 2.40. The zero-order valence-electron chi connectivity index (χ0n) is 11.8. The Morgan fingerprint density at radius 3 is 2.58 bits per heavy atom. The first-order valence-electron chi connectivity index (χ1n) is 6.40. The van der Waals surface area contributed by atoms with E-state index in [0.717, 1.165) is 17.9 Å². The molecule has 0 aromatic heterocycles. The highest BCUT2D eigenvalue weighted by molar-refractivity contribution is 5.91. The van der Waals surface area contributed by atoms with Crippen LogP contribution in [0.4, 0.5) is 0 Å². The molecule has 0 fully saturated rings. The van der Waals surface area contributed by atoms with Crippen LogP contribution in [0.1, 0.15) is 12.5 Å². The largest absolute Gasteiger partial charge is 0.497 e. The number of nitrogens with one attached hydrogen (secondary N) is 2. The van der Waals surface area contributed by atoms with E-state index in [9.17, 15) is 4.79 Å². The predicted molar refractivity (Wildman–Crippen MR) is 78.1 cm³/mol. The van der Waals surface area contributed by atoms with Gasteiger partial charge in [0.15, 0.2) is 0 Å². The Kier molecular flexibility index (Phi) is 6.68. The first-order chi connectivity index (χ1) is 9.15. The SMILES string of the molecule is CNCC(C)CNC(=O)/C=C/c1ccc(OC)cc1. The molecule has 1 aromatic rings. The summed E-state index contributed by atoms with van der Waals surface area (Å²) in [6.45, 7) is 3.65. The summed E-state index contributed by atoms with van der Waals surface area (Å²) in [5.74, 6) is 1.16. The van der Waals surface area contributed by atoms with Gasteiger partial charge >= 0.3 is 0 Å². The quantitative estimate of drug-likeness (QED) is 0.735. The van der Waals surface area contributed by atoms with E-state index in [0.29, 0.717) is 12.5 Å². The minimum absolute atomic E-state index is 0.0706. The van der Waals surface area contributed by atoms with Gasteiger partial charge in [0, 0.05) is 12.6 Å². The molecule has 0 bridgehead atoms. The second-order valence-electron chi connectivity index (χ2n) is 4.51. The average Bonchev–Trinajstić information content (AvgIpc) is 2.44. The molecule has 1 amide bonds. The van der Waals surface area contributed by atoms with Gasteiger partial charge < -0.3 is 15.4 Å². The molecule has 2 N–H and O–H groups in total. The Morgan fingerprint density at radius 1 is 1.32 bits per heavy atom. The van der Waals surface area contributed by atoms with Crippen molar-refractivity contribution in [1.82, 2.24) is 10.6 Å². The highest BCUT2D eigenvalue weighted by atomic mass is 16.5. The highest BCUT2D eigenvalue weighted by Crippen LogP contribution is 2.12. The van der Waals surface area contributed by atoms with Gasteiger partial charge in [-0.3, -0.25) is 4.79 Å². The van der Waals surface area contributed by atoms with Gasteiger partial charge in [0.2, 0.25) is 5.91 Å². The molecule has 0 aliphatic heterocycles. The third-order valence-corrected chi connectivity index (χ3v) is 2.72. The van der Waals surface area contributed by atoms with Gasteiger partial charge in [0.1, 0.15) is 5.75 Å². The highest BCUT2D eigenvalue weighted by Gasteiger charge is 2.01. The number of hydrogen-bond donors (Lipinski definition) is 2. The number of rotatable bonds is 7. The van der Waals surface area contributed by atoms with Crippen molar-refractivity contribution < 1.29 is 9.53 Å². The molecule has 1 aromatic carbocycles. The van der Waals surface area contributed by atoms with Crippen molar-refractivity contribution in [3.63, 3.8) is 0 Å². The molecule has 0 saturated heterocycles. The van der Waals surface area contributed by atoms with E-state index in [1.165, 1.54) is 0 Å². The van der Waals surface area contributed by atoms with Crippen molar-refractivity contribution in [2.24, 2.45) is 5.92 Å². The maximum absolute atomic E-state index is 11.6.